The topological polar surface area (TPSA) is 65.1 Å². The molecule has 1 amide bonds. The Morgan fingerprint density at radius 2 is 1.95 bits per heavy atom. The Morgan fingerprint density at radius 1 is 1.36 bits per heavy atom. The molecule has 1 aliphatic heterocycles. The minimum absolute atomic E-state index is 0.204. The molecule has 0 aromatic heterocycles. The fourth-order valence-electron chi connectivity index (χ4n) is 2.53. The monoisotopic (exact) mass is 315 g/mol. The standard InChI is InChI=1S/C16H29NO5/c1-8-20-13(18)11(2)9-12-10-21-16(6,7)17(12)14(19)22-15(3,4)5/h11-12H,8-10H2,1-7H3/t11-,12-/m0/s1. The van der Waals surface area contributed by atoms with E-state index in [9.17, 15) is 9.59 Å². The zero-order valence-corrected chi connectivity index (χ0v) is 14.8. The number of hydrogen-bond acceptors (Lipinski definition) is 5. The van der Waals surface area contributed by atoms with E-state index in [0.717, 1.165) is 0 Å². The van der Waals surface area contributed by atoms with Crippen LogP contribution in [0.25, 0.3) is 0 Å². The number of esters is 1. The highest BCUT2D eigenvalue weighted by molar-refractivity contribution is 5.73. The maximum absolute atomic E-state index is 12.5. The van der Waals surface area contributed by atoms with E-state index in [2.05, 4.69) is 0 Å². The van der Waals surface area contributed by atoms with Gasteiger partial charge in [0.05, 0.1) is 25.2 Å². The van der Waals surface area contributed by atoms with Gasteiger partial charge in [-0.3, -0.25) is 9.69 Å². The molecule has 0 unspecified atom stereocenters. The van der Waals surface area contributed by atoms with Crippen LogP contribution in [0.2, 0.25) is 0 Å². The zero-order valence-electron chi connectivity index (χ0n) is 14.8. The molecule has 0 aromatic carbocycles. The van der Waals surface area contributed by atoms with Crippen molar-refractivity contribution in [1.82, 2.24) is 4.90 Å². The maximum Gasteiger partial charge on any atom is 0.412 e. The van der Waals surface area contributed by atoms with Gasteiger partial charge in [0.2, 0.25) is 0 Å². The molecule has 0 aliphatic carbocycles. The first-order chi connectivity index (χ1) is 9.98. The Labute approximate surface area is 133 Å². The lowest BCUT2D eigenvalue weighted by molar-refractivity contribution is -0.148. The molecule has 22 heavy (non-hydrogen) atoms. The van der Waals surface area contributed by atoms with Crippen LogP contribution in [-0.4, -0.2) is 47.5 Å². The van der Waals surface area contributed by atoms with E-state index in [1.807, 2.05) is 34.6 Å². The molecule has 6 heteroatoms. The summed E-state index contributed by atoms with van der Waals surface area (Å²) in [6.07, 6.45) is 0.0673. The van der Waals surface area contributed by atoms with Gasteiger partial charge in [-0.2, -0.15) is 0 Å². The Balaban J connectivity index is 2.81. The van der Waals surface area contributed by atoms with Gasteiger partial charge >= 0.3 is 12.1 Å². The molecule has 0 bridgehead atoms. The molecular formula is C16H29NO5. The first-order valence-corrected chi connectivity index (χ1v) is 7.81. The van der Waals surface area contributed by atoms with Crippen molar-refractivity contribution in [3.8, 4) is 0 Å². The van der Waals surface area contributed by atoms with Crippen LogP contribution < -0.4 is 0 Å². The van der Waals surface area contributed by atoms with Gasteiger partial charge in [-0.25, -0.2) is 4.79 Å². The van der Waals surface area contributed by atoms with Crippen molar-refractivity contribution >= 4 is 12.1 Å². The molecule has 1 fully saturated rings. The van der Waals surface area contributed by atoms with Crippen molar-refractivity contribution in [2.24, 2.45) is 5.92 Å². The SMILES string of the molecule is CCOC(=O)[C@@H](C)C[C@H]1COC(C)(C)N1C(=O)OC(C)(C)C. The van der Waals surface area contributed by atoms with E-state index in [1.54, 1.807) is 18.7 Å². The largest absolute Gasteiger partial charge is 0.466 e. The van der Waals surface area contributed by atoms with E-state index >= 15 is 0 Å². The summed E-state index contributed by atoms with van der Waals surface area (Å²) in [6, 6.07) is -0.204. The number of ether oxygens (including phenoxy) is 3. The number of hydrogen-bond donors (Lipinski definition) is 0. The Kier molecular flexibility index (Phi) is 5.84. The number of carbonyl (C=O) groups excluding carboxylic acids is 2. The summed E-state index contributed by atoms with van der Waals surface area (Å²) in [5.74, 6) is -0.552. The van der Waals surface area contributed by atoms with E-state index < -0.39 is 17.4 Å². The quantitative estimate of drug-likeness (QED) is 0.746. The molecule has 0 saturated carbocycles. The molecule has 1 aliphatic rings. The highest BCUT2D eigenvalue weighted by atomic mass is 16.6. The summed E-state index contributed by atoms with van der Waals surface area (Å²) in [6.45, 7) is 13.4. The van der Waals surface area contributed by atoms with Crippen molar-refractivity contribution in [2.75, 3.05) is 13.2 Å². The van der Waals surface area contributed by atoms with Gasteiger partial charge in [0, 0.05) is 0 Å². The number of amides is 1. The fraction of sp³-hybridized carbons (Fsp3) is 0.875. The van der Waals surface area contributed by atoms with Crippen molar-refractivity contribution in [3.63, 3.8) is 0 Å². The minimum atomic E-state index is -0.749. The molecule has 1 saturated heterocycles. The summed E-state index contributed by atoms with van der Waals surface area (Å²) in [5.41, 5.74) is -1.32. The summed E-state index contributed by atoms with van der Waals surface area (Å²) < 4.78 is 16.2. The van der Waals surface area contributed by atoms with E-state index in [0.29, 0.717) is 19.6 Å². The van der Waals surface area contributed by atoms with Gasteiger partial charge in [0.15, 0.2) is 0 Å². The maximum atomic E-state index is 12.5. The summed E-state index contributed by atoms with van der Waals surface area (Å²) >= 11 is 0. The number of nitrogens with zero attached hydrogens (tertiary/aromatic N) is 1. The summed E-state index contributed by atoms with van der Waals surface area (Å²) in [7, 11) is 0. The third-order valence-corrected chi connectivity index (χ3v) is 3.48. The first kappa shape index (κ1) is 18.7. The van der Waals surface area contributed by atoms with Crippen molar-refractivity contribution in [1.29, 1.82) is 0 Å². The summed E-state index contributed by atoms with van der Waals surface area (Å²) in [5, 5.41) is 0. The lowest BCUT2D eigenvalue weighted by Crippen LogP contribution is -2.50. The van der Waals surface area contributed by atoms with Gasteiger partial charge < -0.3 is 14.2 Å². The second-order valence-electron chi connectivity index (χ2n) is 7.15. The molecule has 0 N–H and O–H groups in total. The van der Waals surface area contributed by atoms with E-state index in [4.69, 9.17) is 14.2 Å². The molecule has 0 spiro atoms. The number of carbonyl (C=O) groups is 2. The van der Waals surface area contributed by atoms with Crippen LogP contribution in [0.15, 0.2) is 0 Å². The average Bonchev–Trinajstić information content (AvgIpc) is 2.62. The molecule has 0 radical (unpaired) electrons. The molecule has 1 heterocycles. The fourth-order valence-corrected chi connectivity index (χ4v) is 2.53. The highest BCUT2D eigenvalue weighted by Crippen LogP contribution is 2.32. The number of rotatable bonds is 4. The molecule has 0 aromatic rings. The van der Waals surface area contributed by atoms with Gasteiger partial charge in [0.1, 0.15) is 11.3 Å². The van der Waals surface area contributed by atoms with Crippen LogP contribution in [0.3, 0.4) is 0 Å². The zero-order chi connectivity index (χ0) is 17.1. The lowest BCUT2D eigenvalue weighted by atomic mass is 10.0. The predicted octanol–water partition coefficient (Wildman–Crippen LogP) is 2.95. The summed E-state index contributed by atoms with van der Waals surface area (Å²) in [4.78, 5) is 25.9. The lowest BCUT2D eigenvalue weighted by Gasteiger charge is -2.35. The van der Waals surface area contributed by atoms with Crippen LogP contribution in [-0.2, 0) is 19.0 Å². The molecular weight excluding hydrogens is 286 g/mol. The van der Waals surface area contributed by atoms with Crippen LogP contribution in [0.1, 0.15) is 54.9 Å². The van der Waals surface area contributed by atoms with Crippen LogP contribution in [0.5, 0.6) is 0 Å². The van der Waals surface area contributed by atoms with Gasteiger partial charge in [-0.1, -0.05) is 6.92 Å². The Morgan fingerprint density at radius 3 is 2.45 bits per heavy atom. The highest BCUT2D eigenvalue weighted by Gasteiger charge is 2.46. The van der Waals surface area contributed by atoms with E-state index in [1.165, 1.54) is 0 Å². The third kappa shape index (κ3) is 4.87. The van der Waals surface area contributed by atoms with Gasteiger partial charge in [-0.05, 0) is 48.0 Å². The smallest absolute Gasteiger partial charge is 0.412 e. The van der Waals surface area contributed by atoms with E-state index in [-0.39, 0.29) is 17.9 Å². The van der Waals surface area contributed by atoms with Gasteiger partial charge in [-0.15, -0.1) is 0 Å². The average molecular weight is 315 g/mol. The molecule has 6 nitrogen and oxygen atoms in total. The normalized spacial score (nSPS) is 22.3. The second kappa shape index (κ2) is 6.86. The van der Waals surface area contributed by atoms with Crippen molar-refractivity contribution in [3.05, 3.63) is 0 Å². The first-order valence-electron chi connectivity index (χ1n) is 7.81. The third-order valence-electron chi connectivity index (χ3n) is 3.48. The second-order valence-corrected chi connectivity index (χ2v) is 7.15. The van der Waals surface area contributed by atoms with Crippen molar-refractivity contribution < 1.29 is 23.8 Å². The van der Waals surface area contributed by atoms with Crippen LogP contribution in [0.4, 0.5) is 4.79 Å². The Hall–Kier alpha value is -1.30. The minimum Gasteiger partial charge on any atom is -0.466 e. The molecule has 128 valence electrons. The Bertz CT molecular complexity index is 413. The predicted molar refractivity (Wildman–Crippen MR) is 82.3 cm³/mol. The van der Waals surface area contributed by atoms with Gasteiger partial charge in [0.25, 0.3) is 0 Å². The van der Waals surface area contributed by atoms with Crippen LogP contribution >= 0.6 is 0 Å². The molecule has 1 rings (SSSR count). The van der Waals surface area contributed by atoms with Crippen molar-refractivity contribution in [2.45, 2.75) is 72.3 Å². The molecule has 2 atom stereocenters. The van der Waals surface area contributed by atoms with Crippen LogP contribution in [0, 0.1) is 5.92 Å².